The summed E-state index contributed by atoms with van der Waals surface area (Å²) in [5.41, 5.74) is 0.834. The Morgan fingerprint density at radius 2 is 1.68 bits per heavy atom. The van der Waals surface area contributed by atoms with Crippen molar-refractivity contribution in [3.8, 4) is 0 Å². The second-order valence-corrected chi connectivity index (χ2v) is 7.30. The lowest BCUT2D eigenvalue weighted by molar-refractivity contribution is -0.122. The van der Waals surface area contributed by atoms with Crippen molar-refractivity contribution in [1.82, 2.24) is 4.90 Å². The summed E-state index contributed by atoms with van der Waals surface area (Å²) in [7, 11) is 1.26. The molecule has 2 aromatic carbocycles. The standard InChI is InChI=1S/C23H23FN2O5/c1-4-14(2)25(21(28)15-5-9-17(24)10-6-15)19-13-20(27)26(22(19)29)18-11-7-16(8-12-18)23(30)31-3/h5-12,14,19H,4,13H2,1-3H3. The van der Waals surface area contributed by atoms with Gasteiger partial charge in [-0.1, -0.05) is 6.92 Å². The summed E-state index contributed by atoms with van der Waals surface area (Å²) in [6.45, 7) is 3.67. The molecule has 8 heteroatoms. The molecule has 7 nitrogen and oxygen atoms in total. The normalized spacial score (nSPS) is 16.9. The number of benzene rings is 2. The smallest absolute Gasteiger partial charge is 0.337 e. The van der Waals surface area contributed by atoms with Gasteiger partial charge in [-0.2, -0.15) is 0 Å². The molecule has 3 amide bonds. The summed E-state index contributed by atoms with van der Waals surface area (Å²) in [6.07, 6.45) is 0.410. The second kappa shape index (κ2) is 9.07. The molecule has 0 saturated carbocycles. The van der Waals surface area contributed by atoms with Crippen LogP contribution in [0.5, 0.6) is 0 Å². The van der Waals surface area contributed by atoms with Crippen LogP contribution < -0.4 is 4.90 Å². The van der Waals surface area contributed by atoms with E-state index in [1.165, 1.54) is 60.5 Å². The lowest BCUT2D eigenvalue weighted by Crippen LogP contribution is -2.49. The van der Waals surface area contributed by atoms with Crippen molar-refractivity contribution in [2.45, 2.75) is 38.8 Å². The molecule has 1 fully saturated rings. The monoisotopic (exact) mass is 426 g/mol. The number of ether oxygens (including phenoxy) is 1. The summed E-state index contributed by atoms with van der Waals surface area (Å²) in [5.74, 6) is -2.41. The minimum absolute atomic E-state index is 0.158. The summed E-state index contributed by atoms with van der Waals surface area (Å²) in [4.78, 5) is 53.1. The van der Waals surface area contributed by atoms with Crippen molar-refractivity contribution < 1.29 is 28.3 Å². The maximum absolute atomic E-state index is 13.3. The number of nitrogens with zero attached hydrogens (tertiary/aromatic N) is 2. The SMILES string of the molecule is CCC(C)N(C(=O)c1ccc(F)cc1)C1CC(=O)N(c2ccc(C(=O)OC)cc2)C1=O. The molecule has 0 N–H and O–H groups in total. The van der Waals surface area contributed by atoms with Crippen LogP contribution in [0.25, 0.3) is 0 Å². The molecule has 31 heavy (non-hydrogen) atoms. The van der Waals surface area contributed by atoms with Crippen LogP contribution in [-0.2, 0) is 14.3 Å². The van der Waals surface area contributed by atoms with Gasteiger partial charge in [-0.15, -0.1) is 0 Å². The number of esters is 1. The quantitative estimate of drug-likeness (QED) is 0.523. The highest BCUT2D eigenvalue weighted by atomic mass is 19.1. The lowest BCUT2D eigenvalue weighted by atomic mass is 10.1. The third-order valence-corrected chi connectivity index (χ3v) is 5.40. The fraction of sp³-hybridized carbons (Fsp3) is 0.304. The molecule has 162 valence electrons. The molecule has 3 rings (SSSR count). The van der Waals surface area contributed by atoms with Gasteiger partial charge in [-0.3, -0.25) is 14.4 Å². The Hall–Kier alpha value is -3.55. The molecule has 2 atom stereocenters. The largest absolute Gasteiger partial charge is 0.465 e. The predicted octanol–water partition coefficient (Wildman–Crippen LogP) is 3.19. The van der Waals surface area contributed by atoms with Gasteiger partial charge in [0.15, 0.2) is 0 Å². The maximum Gasteiger partial charge on any atom is 0.337 e. The summed E-state index contributed by atoms with van der Waals surface area (Å²) < 4.78 is 17.9. The Morgan fingerprint density at radius 1 is 1.10 bits per heavy atom. The van der Waals surface area contributed by atoms with Gasteiger partial charge in [-0.05, 0) is 61.9 Å². The summed E-state index contributed by atoms with van der Waals surface area (Å²) in [6, 6.07) is 9.68. The number of anilines is 1. The van der Waals surface area contributed by atoms with Crippen LogP contribution in [0, 0.1) is 5.82 Å². The van der Waals surface area contributed by atoms with Gasteiger partial charge in [0.1, 0.15) is 11.9 Å². The molecule has 1 aliphatic rings. The third kappa shape index (κ3) is 4.33. The van der Waals surface area contributed by atoms with Gasteiger partial charge < -0.3 is 9.64 Å². The average Bonchev–Trinajstić information content (AvgIpc) is 3.07. The first kappa shape index (κ1) is 22.1. The van der Waals surface area contributed by atoms with Crippen molar-refractivity contribution in [3.05, 3.63) is 65.5 Å². The maximum atomic E-state index is 13.3. The van der Waals surface area contributed by atoms with E-state index in [0.29, 0.717) is 12.1 Å². The highest BCUT2D eigenvalue weighted by molar-refractivity contribution is 6.23. The molecule has 0 radical (unpaired) electrons. The molecule has 0 aromatic heterocycles. The van der Waals surface area contributed by atoms with Crippen LogP contribution in [-0.4, -0.2) is 47.8 Å². The number of carbonyl (C=O) groups is 4. The Kier molecular flexibility index (Phi) is 6.48. The van der Waals surface area contributed by atoms with Crippen molar-refractivity contribution in [2.24, 2.45) is 0 Å². The molecular weight excluding hydrogens is 403 g/mol. The first-order chi connectivity index (χ1) is 14.8. The van der Waals surface area contributed by atoms with Crippen LogP contribution in [0.3, 0.4) is 0 Å². The van der Waals surface area contributed by atoms with Crippen LogP contribution in [0.2, 0.25) is 0 Å². The van der Waals surface area contributed by atoms with Crippen LogP contribution in [0.15, 0.2) is 48.5 Å². The van der Waals surface area contributed by atoms with E-state index in [4.69, 9.17) is 0 Å². The van der Waals surface area contributed by atoms with Crippen LogP contribution in [0.1, 0.15) is 47.4 Å². The number of hydrogen-bond acceptors (Lipinski definition) is 5. The molecule has 1 saturated heterocycles. The second-order valence-electron chi connectivity index (χ2n) is 7.30. The topological polar surface area (TPSA) is 84.0 Å². The molecule has 1 heterocycles. The van der Waals surface area contributed by atoms with Gasteiger partial charge >= 0.3 is 5.97 Å². The van der Waals surface area contributed by atoms with E-state index in [2.05, 4.69) is 4.74 Å². The summed E-state index contributed by atoms with van der Waals surface area (Å²) in [5, 5.41) is 0. The number of imide groups is 1. The zero-order valence-corrected chi connectivity index (χ0v) is 17.5. The Bertz CT molecular complexity index is 1000. The average molecular weight is 426 g/mol. The zero-order chi connectivity index (χ0) is 22.7. The van der Waals surface area contributed by atoms with Gasteiger partial charge in [0, 0.05) is 11.6 Å². The molecule has 0 bridgehead atoms. The van der Waals surface area contributed by atoms with E-state index >= 15 is 0 Å². The lowest BCUT2D eigenvalue weighted by Gasteiger charge is -2.33. The molecular formula is C23H23FN2O5. The number of halogens is 1. The number of rotatable bonds is 6. The van der Waals surface area contributed by atoms with Crippen molar-refractivity contribution in [1.29, 1.82) is 0 Å². The fourth-order valence-corrected chi connectivity index (χ4v) is 3.56. The highest BCUT2D eigenvalue weighted by Gasteiger charge is 2.45. The van der Waals surface area contributed by atoms with E-state index in [-0.39, 0.29) is 23.6 Å². The zero-order valence-electron chi connectivity index (χ0n) is 17.5. The number of carbonyl (C=O) groups excluding carboxylic acids is 4. The van der Waals surface area contributed by atoms with Crippen LogP contribution in [0.4, 0.5) is 10.1 Å². The van der Waals surface area contributed by atoms with Gasteiger partial charge in [0.2, 0.25) is 5.91 Å². The minimum Gasteiger partial charge on any atom is -0.465 e. The number of methoxy groups -OCH3 is 1. The van der Waals surface area contributed by atoms with E-state index in [0.717, 1.165) is 4.90 Å². The van der Waals surface area contributed by atoms with Gasteiger partial charge in [-0.25, -0.2) is 14.1 Å². The number of amides is 3. The molecule has 0 aliphatic carbocycles. The van der Waals surface area contributed by atoms with E-state index < -0.39 is 35.5 Å². The van der Waals surface area contributed by atoms with Crippen molar-refractivity contribution >= 4 is 29.4 Å². The Balaban J connectivity index is 1.90. The Labute approximate surface area is 179 Å². The van der Waals surface area contributed by atoms with E-state index in [9.17, 15) is 23.6 Å². The predicted molar refractivity (Wildman–Crippen MR) is 111 cm³/mol. The van der Waals surface area contributed by atoms with Gasteiger partial charge in [0.25, 0.3) is 11.8 Å². The number of hydrogen-bond donors (Lipinski definition) is 0. The molecule has 2 aromatic rings. The molecule has 1 aliphatic heterocycles. The van der Waals surface area contributed by atoms with E-state index in [1.54, 1.807) is 6.92 Å². The first-order valence-electron chi connectivity index (χ1n) is 9.91. The highest BCUT2D eigenvalue weighted by Crippen LogP contribution is 2.29. The fourth-order valence-electron chi connectivity index (χ4n) is 3.56. The minimum atomic E-state index is -0.972. The van der Waals surface area contributed by atoms with Crippen LogP contribution >= 0.6 is 0 Å². The van der Waals surface area contributed by atoms with Gasteiger partial charge in [0.05, 0.1) is 24.8 Å². The van der Waals surface area contributed by atoms with E-state index in [1.807, 2.05) is 6.92 Å². The first-order valence-corrected chi connectivity index (χ1v) is 9.91. The Morgan fingerprint density at radius 3 is 2.23 bits per heavy atom. The van der Waals surface area contributed by atoms with Crippen molar-refractivity contribution in [3.63, 3.8) is 0 Å². The molecule has 2 unspecified atom stereocenters. The van der Waals surface area contributed by atoms with Crippen molar-refractivity contribution in [2.75, 3.05) is 12.0 Å². The third-order valence-electron chi connectivity index (χ3n) is 5.40. The summed E-state index contributed by atoms with van der Waals surface area (Å²) >= 11 is 0. The molecule has 0 spiro atoms.